The minimum Gasteiger partial charge on any atom is -0.495 e. The molecule has 1 N–H and O–H groups in total. The van der Waals surface area contributed by atoms with E-state index in [-0.39, 0.29) is 16.9 Å². The second-order valence-electron chi connectivity index (χ2n) is 7.38. The zero-order valence-corrected chi connectivity index (χ0v) is 19.9. The summed E-state index contributed by atoms with van der Waals surface area (Å²) >= 11 is 0. The number of ether oxygens (including phenoxy) is 2. The Bertz CT molecular complexity index is 1310. The summed E-state index contributed by atoms with van der Waals surface area (Å²) in [5.41, 5.74) is 1.14. The highest BCUT2D eigenvalue weighted by atomic mass is 32.2. The topological polar surface area (TPSA) is 119 Å². The van der Waals surface area contributed by atoms with E-state index >= 15 is 0 Å². The average molecular weight is 497 g/mol. The van der Waals surface area contributed by atoms with Crippen LogP contribution < -0.4 is 14.4 Å². The zero-order valence-electron chi connectivity index (χ0n) is 19.1. The highest BCUT2D eigenvalue weighted by Crippen LogP contribution is 2.30. The molecule has 0 heterocycles. The van der Waals surface area contributed by atoms with E-state index in [1.54, 1.807) is 48.5 Å². The Morgan fingerprint density at radius 3 is 2.14 bits per heavy atom. The maximum Gasteiger partial charge on any atom is 0.338 e. The second kappa shape index (κ2) is 11.3. The third-order valence-corrected chi connectivity index (χ3v) is 6.78. The standard InChI is InChI=1S/C25H24N2O7S/c1-27(21-10-6-7-11-22(21)33-2)35(31,32)20-14-12-19(13-15-20)25(30)34-17-24(29)26-23(28)16-18-8-4-3-5-9-18/h3-15H,16-17H2,1-2H3,(H,26,28,29). The van der Waals surface area contributed by atoms with E-state index in [1.807, 2.05) is 6.07 Å². The summed E-state index contributed by atoms with van der Waals surface area (Å²) in [6.45, 7) is -0.657. The van der Waals surface area contributed by atoms with Gasteiger partial charge in [-0.05, 0) is 42.0 Å². The van der Waals surface area contributed by atoms with Crippen molar-refractivity contribution in [2.75, 3.05) is 25.1 Å². The summed E-state index contributed by atoms with van der Waals surface area (Å²) in [5, 5.41) is 2.15. The molecule has 3 aromatic rings. The molecule has 0 radical (unpaired) electrons. The molecule has 0 aliphatic rings. The number of nitrogens with one attached hydrogen (secondary N) is 1. The highest BCUT2D eigenvalue weighted by molar-refractivity contribution is 7.92. The van der Waals surface area contributed by atoms with E-state index in [0.717, 1.165) is 9.87 Å². The second-order valence-corrected chi connectivity index (χ2v) is 9.35. The van der Waals surface area contributed by atoms with Crippen LogP contribution >= 0.6 is 0 Å². The van der Waals surface area contributed by atoms with Crippen LogP contribution in [-0.2, 0) is 30.8 Å². The first-order chi connectivity index (χ1) is 16.7. The molecule has 2 amide bonds. The summed E-state index contributed by atoms with van der Waals surface area (Å²) in [6, 6.07) is 20.6. The van der Waals surface area contributed by atoms with Gasteiger partial charge in [0.25, 0.3) is 15.9 Å². The van der Waals surface area contributed by atoms with Gasteiger partial charge in [0.15, 0.2) is 6.61 Å². The molecular weight excluding hydrogens is 472 g/mol. The predicted molar refractivity (Wildman–Crippen MR) is 129 cm³/mol. The number of benzene rings is 3. The Morgan fingerprint density at radius 1 is 0.857 bits per heavy atom. The number of anilines is 1. The van der Waals surface area contributed by atoms with E-state index in [2.05, 4.69) is 5.32 Å². The van der Waals surface area contributed by atoms with Crippen LogP contribution in [0.2, 0.25) is 0 Å². The molecule has 0 aromatic heterocycles. The Morgan fingerprint density at radius 2 is 1.49 bits per heavy atom. The number of hydrogen-bond donors (Lipinski definition) is 1. The minimum atomic E-state index is -3.93. The zero-order chi connectivity index (χ0) is 25.4. The fourth-order valence-electron chi connectivity index (χ4n) is 3.17. The number of carbonyl (C=O) groups excluding carboxylic acids is 3. The maximum absolute atomic E-state index is 13.0. The molecule has 0 aliphatic carbocycles. The molecule has 0 bridgehead atoms. The largest absolute Gasteiger partial charge is 0.495 e. The molecule has 9 nitrogen and oxygen atoms in total. The van der Waals surface area contributed by atoms with Crippen molar-refractivity contribution in [3.8, 4) is 5.75 Å². The number of para-hydroxylation sites is 2. The lowest BCUT2D eigenvalue weighted by molar-refractivity contribution is -0.132. The van der Waals surface area contributed by atoms with E-state index in [1.165, 1.54) is 38.4 Å². The molecule has 35 heavy (non-hydrogen) atoms. The first-order valence-electron chi connectivity index (χ1n) is 10.5. The van der Waals surface area contributed by atoms with Crippen molar-refractivity contribution in [1.82, 2.24) is 5.32 Å². The average Bonchev–Trinajstić information content (AvgIpc) is 2.87. The molecule has 0 fully saturated rings. The lowest BCUT2D eigenvalue weighted by Gasteiger charge is -2.21. The van der Waals surface area contributed by atoms with Gasteiger partial charge in [-0.15, -0.1) is 0 Å². The number of hydrogen-bond acceptors (Lipinski definition) is 7. The Labute approximate surface area is 203 Å². The van der Waals surface area contributed by atoms with Crippen LogP contribution in [0.15, 0.2) is 83.8 Å². The number of rotatable bonds is 9. The summed E-state index contributed by atoms with van der Waals surface area (Å²) in [4.78, 5) is 36.1. The van der Waals surface area contributed by atoms with Crippen molar-refractivity contribution in [3.05, 3.63) is 90.0 Å². The number of carbonyl (C=O) groups is 3. The summed E-state index contributed by atoms with van der Waals surface area (Å²) in [5.74, 6) is -1.74. The van der Waals surface area contributed by atoms with Gasteiger partial charge in [0.05, 0.1) is 29.7 Å². The Balaban J connectivity index is 1.58. The Kier molecular flexibility index (Phi) is 8.21. The van der Waals surface area contributed by atoms with Crippen LogP contribution in [0, 0.1) is 0 Å². The van der Waals surface area contributed by atoms with E-state index < -0.39 is 34.4 Å². The molecule has 0 unspecified atom stereocenters. The number of methoxy groups -OCH3 is 1. The number of nitrogens with zero attached hydrogens (tertiary/aromatic N) is 1. The van der Waals surface area contributed by atoms with Crippen LogP contribution in [0.4, 0.5) is 5.69 Å². The van der Waals surface area contributed by atoms with Gasteiger partial charge in [0, 0.05) is 7.05 Å². The lowest BCUT2D eigenvalue weighted by atomic mass is 10.1. The molecule has 0 saturated carbocycles. The molecule has 182 valence electrons. The van der Waals surface area contributed by atoms with E-state index in [0.29, 0.717) is 11.4 Å². The predicted octanol–water partition coefficient (Wildman–Crippen LogP) is 2.56. The third kappa shape index (κ3) is 6.45. The van der Waals surface area contributed by atoms with Crippen molar-refractivity contribution in [2.45, 2.75) is 11.3 Å². The van der Waals surface area contributed by atoms with Crippen molar-refractivity contribution in [2.24, 2.45) is 0 Å². The summed E-state index contributed by atoms with van der Waals surface area (Å²) < 4.78 is 37.2. The van der Waals surface area contributed by atoms with Crippen molar-refractivity contribution in [1.29, 1.82) is 0 Å². The van der Waals surface area contributed by atoms with E-state index in [4.69, 9.17) is 9.47 Å². The first kappa shape index (κ1) is 25.4. The van der Waals surface area contributed by atoms with Gasteiger partial charge >= 0.3 is 5.97 Å². The van der Waals surface area contributed by atoms with Crippen LogP contribution in [-0.4, -0.2) is 47.0 Å². The van der Waals surface area contributed by atoms with Crippen LogP contribution in [0.25, 0.3) is 0 Å². The van der Waals surface area contributed by atoms with Gasteiger partial charge in [-0.1, -0.05) is 42.5 Å². The van der Waals surface area contributed by atoms with Gasteiger partial charge in [-0.25, -0.2) is 13.2 Å². The number of sulfonamides is 1. The fourth-order valence-corrected chi connectivity index (χ4v) is 4.38. The van der Waals surface area contributed by atoms with Gasteiger partial charge < -0.3 is 9.47 Å². The van der Waals surface area contributed by atoms with Gasteiger partial charge in [-0.2, -0.15) is 0 Å². The number of esters is 1. The van der Waals surface area contributed by atoms with Crippen molar-refractivity contribution in [3.63, 3.8) is 0 Å². The summed E-state index contributed by atoms with van der Waals surface area (Å²) in [6.07, 6.45) is 0.0137. The molecule has 0 saturated heterocycles. The highest BCUT2D eigenvalue weighted by Gasteiger charge is 2.24. The van der Waals surface area contributed by atoms with Crippen LogP contribution in [0.5, 0.6) is 5.75 Å². The van der Waals surface area contributed by atoms with Gasteiger partial charge in [0.2, 0.25) is 5.91 Å². The number of imide groups is 1. The quantitative estimate of drug-likeness (QED) is 0.452. The van der Waals surface area contributed by atoms with Crippen molar-refractivity contribution < 1.29 is 32.3 Å². The van der Waals surface area contributed by atoms with Crippen molar-refractivity contribution >= 4 is 33.5 Å². The monoisotopic (exact) mass is 496 g/mol. The van der Waals surface area contributed by atoms with Crippen LogP contribution in [0.3, 0.4) is 0 Å². The minimum absolute atomic E-state index is 0.0137. The fraction of sp³-hybridized carbons (Fsp3) is 0.160. The van der Waals surface area contributed by atoms with Gasteiger partial charge in [0.1, 0.15) is 5.75 Å². The molecule has 0 atom stereocenters. The molecule has 3 rings (SSSR count). The van der Waals surface area contributed by atoms with Gasteiger partial charge in [-0.3, -0.25) is 19.2 Å². The normalized spacial score (nSPS) is 10.8. The van der Waals surface area contributed by atoms with E-state index in [9.17, 15) is 22.8 Å². The molecule has 3 aromatic carbocycles. The molecular formula is C25H24N2O7S. The smallest absolute Gasteiger partial charge is 0.338 e. The Hall–Kier alpha value is -4.18. The number of amides is 2. The summed E-state index contributed by atoms with van der Waals surface area (Å²) in [7, 11) is -1.09. The first-order valence-corrected chi connectivity index (χ1v) is 11.9. The molecule has 0 aliphatic heterocycles. The SMILES string of the molecule is COc1ccccc1N(C)S(=O)(=O)c1ccc(C(=O)OCC(=O)NC(=O)Cc2ccccc2)cc1. The lowest BCUT2D eigenvalue weighted by Crippen LogP contribution is -2.35. The maximum atomic E-state index is 13.0. The third-order valence-electron chi connectivity index (χ3n) is 4.99. The molecule has 0 spiro atoms. The van der Waals surface area contributed by atoms with Crippen LogP contribution in [0.1, 0.15) is 15.9 Å². The molecule has 10 heteroatoms.